The van der Waals surface area contributed by atoms with Gasteiger partial charge in [-0.05, 0) is 51.4 Å². The van der Waals surface area contributed by atoms with E-state index in [9.17, 15) is 9.18 Å². The summed E-state index contributed by atoms with van der Waals surface area (Å²) in [5, 5.41) is 6.11. The highest BCUT2D eigenvalue weighted by Gasteiger charge is 2.38. The number of ether oxygens (including phenoxy) is 1. The zero-order valence-corrected chi connectivity index (χ0v) is 12.1. The number of halogens is 1. The molecule has 1 heterocycles. The predicted molar refractivity (Wildman–Crippen MR) is 74.9 cm³/mol. The lowest BCUT2D eigenvalue weighted by atomic mass is 9.89. The Morgan fingerprint density at radius 3 is 2.75 bits per heavy atom. The van der Waals surface area contributed by atoms with E-state index in [1.54, 1.807) is 6.07 Å². The summed E-state index contributed by atoms with van der Waals surface area (Å²) in [6.45, 7) is 6.78. The molecule has 0 aliphatic carbocycles. The third-order valence-electron chi connectivity index (χ3n) is 3.27. The summed E-state index contributed by atoms with van der Waals surface area (Å²) < 4.78 is 18.7. The van der Waals surface area contributed by atoms with Crippen LogP contribution < -0.4 is 10.6 Å². The van der Waals surface area contributed by atoms with Crippen LogP contribution >= 0.6 is 0 Å². The van der Waals surface area contributed by atoms with E-state index in [1.807, 2.05) is 26.8 Å². The fourth-order valence-corrected chi connectivity index (χ4v) is 2.40. The van der Waals surface area contributed by atoms with Crippen LogP contribution in [0.15, 0.2) is 24.3 Å². The highest BCUT2D eigenvalue weighted by Crippen LogP contribution is 2.28. The summed E-state index contributed by atoms with van der Waals surface area (Å²) in [5.74, 6) is -0.306. The molecule has 0 bridgehead atoms. The maximum atomic E-state index is 13.4. The molecule has 1 fully saturated rings. The van der Waals surface area contributed by atoms with Gasteiger partial charge in [-0.1, -0.05) is 12.1 Å². The molecule has 1 aliphatic heterocycles. The third-order valence-corrected chi connectivity index (χ3v) is 3.27. The molecule has 1 aliphatic rings. The van der Waals surface area contributed by atoms with Crippen molar-refractivity contribution >= 4 is 6.09 Å². The molecular weight excluding hydrogens is 259 g/mol. The van der Waals surface area contributed by atoms with E-state index in [1.165, 1.54) is 12.1 Å². The van der Waals surface area contributed by atoms with Crippen molar-refractivity contribution < 1.29 is 13.9 Å². The fourth-order valence-electron chi connectivity index (χ4n) is 2.40. The molecule has 1 saturated heterocycles. The second kappa shape index (κ2) is 5.40. The quantitative estimate of drug-likeness (QED) is 0.875. The molecule has 1 aromatic carbocycles. The summed E-state index contributed by atoms with van der Waals surface area (Å²) in [6.07, 6.45) is 0.223. The second-order valence-corrected chi connectivity index (χ2v) is 6.15. The van der Waals surface area contributed by atoms with E-state index in [0.717, 1.165) is 12.1 Å². The van der Waals surface area contributed by atoms with E-state index in [0.29, 0.717) is 13.0 Å². The van der Waals surface area contributed by atoms with Crippen molar-refractivity contribution in [1.82, 2.24) is 10.6 Å². The van der Waals surface area contributed by atoms with E-state index in [2.05, 4.69) is 10.6 Å². The van der Waals surface area contributed by atoms with E-state index in [-0.39, 0.29) is 5.82 Å². The maximum Gasteiger partial charge on any atom is 0.408 e. The summed E-state index contributed by atoms with van der Waals surface area (Å²) >= 11 is 0. The molecule has 1 amide bonds. The minimum Gasteiger partial charge on any atom is -0.444 e. The lowest BCUT2D eigenvalue weighted by molar-refractivity contribution is 0.0460. The van der Waals surface area contributed by atoms with Gasteiger partial charge in [0.1, 0.15) is 11.4 Å². The number of carbonyl (C=O) groups is 1. The van der Waals surface area contributed by atoms with Gasteiger partial charge >= 0.3 is 6.09 Å². The molecule has 2 rings (SSSR count). The first-order valence-electron chi connectivity index (χ1n) is 6.79. The molecule has 0 aromatic heterocycles. The van der Waals surface area contributed by atoms with Gasteiger partial charge in [0.25, 0.3) is 0 Å². The Hall–Kier alpha value is -1.62. The lowest BCUT2D eigenvalue weighted by Gasteiger charge is -2.31. The Morgan fingerprint density at radius 1 is 1.45 bits per heavy atom. The standard InChI is InChI=1S/C15H21FN2O2/c1-14(2,3)20-13(19)18-15(7-8-17-10-15)11-5-4-6-12(16)9-11/h4-6,9,17H,7-8,10H2,1-3H3,(H,18,19). The van der Waals surface area contributed by atoms with Crippen molar-refractivity contribution in [3.8, 4) is 0 Å². The Kier molecular flexibility index (Phi) is 3.99. The predicted octanol–water partition coefficient (Wildman–Crippen LogP) is 2.54. The third kappa shape index (κ3) is 3.48. The van der Waals surface area contributed by atoms with Gasteiger partial charge in [0.2, 0.25) is 0 Å². The first kappa shape index (κ1) is 14.8. The van der Waals surface area contributed by atoms with Crippen LogP contribution in [0, 0.1) is 5.82 Å². The minimum atomic E-state index is -0.607. The highest BCUT2D eigenvalue weighted by molar-refractivity contribution is 5.69. The summed E-state index contributed by atoms with van der Waals surface area (Å²) in [6, 6.07) is 6.34. The summed E-state index contributed by atoms with van der Waals surface area (Å²) in [4.78, 5) is 12.0. The summed E-state index contributed by atoms with van der Waals surface area (Å²) in [7, 11) is 0. The van der Waals surface area contributed by atoms with Crippen molar-refractivity contribution in [2.24, 2.45) is 0 Å². The molecule has 20 heavy (non-hydrogen) atoms. The van der Waals surface area contributed by atoms with Crippen LogP contribution in [-0.4, -0.2) is 24.8 Å². The average molecular weight is 280 g/mol. The number of hydrogen-bond acceptors (Lipinski definition) is 3. The SMILES string of the molecule is CC(C)(C)OC(=O)NC1(c2cccc(F)c2)CCNC1. The Labute approximate surface area is 118 Å². The largest absolute Gasteiger partial charge is 0.444 e. The molecule has 0 radical (unpaired) electrons. The molecular formula is C15H21FN2O2. The number of amides is 1. The van der Waals surface area contributed by atoms with Gasteiger partial charge in [0.05, 0.1) is 5.54 Å². The van der Waals surface area contributed by atoms with E-state index < -0.39 is 17.2 Å². The van der Waals surface area contributed by atoms with Gasteiger partial charge in [-0.25, -0.2) is 9.18 Å². The molecule has 0 spiro atoms. The normalized spacial score (nSPS) is 22.6. The molecule has 110 valence electrons. The number of hydrogen-bond donors (Lipinski definition) is 2. The number of carbonyl (C=O) groups excluding carboxylic acids is 1. The van der Waals surface area contributed by atoms with Crippen molar-refractivity contribution in [1.29, 1.82) is 0 Å². The van der Waals surface area contributed by atoms with Gasteiger partial charge in [-0.2, -0.15) is 0 Å². The fraction of sp³-hybridized carbons (Fsp3) is 0.533. The van der Waals surface area contributed by atoms with Gasteiger partial charge in [0.15, 0.2) is 0 Å². The molecule has 1 aromatic rings. The lowest BCUT2D eigenvalue weighted by Crippen LogP contribution is -2.49. The first-order chi connectivity index (χ1) is 9.31. The molecule has 1 unspecified atom stereocenters. The number of alkyl carbamates (subject to hydrolysis) is 1. The maximum absolute atomic E-state index is 13.4. The number of benzene rings is 1. The number of nitrogens with one attached hydrogen (secondary N) is 2. The Balaban J connectivity index is 2.20. The highest BCUT2D eigenvalue weighted by atomic mass is 19.1. The van der Waals surface area contributed by atoms with Gasteiger partial charge in [-0.15, -0.1) is 0 Å². The topological polar surface area (TPSA) is 50.4 Å². The van der Waals surface area contributed by atoms with Gasteiger partial charge in [0, 0.05) is 6.54 Å². The molecule has 1 atom stereocenters. The van der Waals surface area contributed by atoms with Crippen molar-refractivity contribution in [2.45, 2.75) is 38.3 Å². The van der Waals surface area contributed by atoms with Crippen LogP contribution in [0.5, 0.6) is 0 Å². The Bertz CT molecular complexity index is 491. The van der Waals surface area contributed by atoms with Crippen molar-refractivity contribution in [3.05, 3.63) is 35.6 Å². The van der Waals surface area contributed by atoms with Crippen LogP contribution in [0.4, 0.5) is 9.18 Å². The monoisotopic (exact) mass is 280 g/mol. The second-order valence-electron chi connectivity index (χ2n) is 6.15. The first-order valence-corrected chi connectivity index (χ1v) is 6.79. The van der Waals surface area contributed by atoms with Crippen LogP contribution in [-0.2, 0) is 10.3 Å². The Morgan fingerprint density at radius 2 is 2.20 bits per heavy atom. The average Bonchev–Trinajstić information content (AvgIpc) is 2.76. The smallest absolute Gasteiger partial charge is 0.408 e. The van der Waals surface area contributed by atoms with Crippen molar-refractivity contribution in [2.75, 3.05) is 13.1 Å². The van der Waals surface area contributed by atoms with Crippen molar-refractivity contribution in [3.63, 3.8) is 0 Å². The molecule has 2 N–H and O–H groups in total. The van der Waals surface area contributed by atoms with Crippen LogP contribution in [0.1, 0.15) is 32.8 Å². The van der Waals surface area contributed by atoms with Crippen LogP contribution in [0.25, 0.3) is 0 Å². The molecule has 0 saturated carbocycles. The zero-order chi connectivity index (χ0) is 14.8. The van der Waals surface area contributed by atoms with Crippen LogP contribution in [0.3, 0.4) is 0 Å². The molecule has 4 nitrogen and oxygen atoms in total. The summed E-state index contributed by atoms with van der Waals surface area (Å²) in [5.41, 5.74) is -0.405. The van der Waals surface area contributed by atoms with Crippen LogP contribution in [0.2, 0.25) is 0 Å². The molecule has 5 heteroatoms. The zero-order valence-electron chi connectivity index (χ0n) is 12.1. The van der Waals surface area contributed by atoms with E-state index >= 15 is 0 Å². The van der Waals surface area contributed by atoms with E-state index in [4.69, 9.17) is 4.74 Å². The minimum absolute atomic E-state index is 0.306. The van der Waals surface area contributed by atoms with Gasteiger partial charge in [-0.3, -0.25) is 0 Å². The van der Waals surface area contributed by atoms with Gasteiger partial charge < -0.3 is 15.4 Å². The number of rotatable bonds is 2.